The van der Waals surface area contributed by atoms with Gasteiger partial charge in [0.05, 0.1) is 11.0 Å². The van der Waals surface area contributed by atoms with Gasteiger partial charge in [0.2, 0.25) is 11.8 Å². The van der Waals surface area contributed by atoms with E-state index in [0.717, 1.165) is 32.2 Å². The third-order valence-corrected chi connectivity index (χ3v) is 9.02. The Balaban J connectivity index is 1.46. The predicted octanol–water partition coefficient (Wildman–Crippen LogP) is 5.52. The van der Waals surface area contributed by atoms with Crippen LogP contribution in [0.4, 0.5) is 9.80 Å². The first-order valence-electron chi connectivity index (χ1n) is 14.8. The number of amides is 4. The number of imide groups is 1. The van der Waals surface area contributed by atoms with Crippen LogP contribution in [0.1, 0.15) is 91.4 Å². The summed E-state index contributed by atoms with van der Waals surface area (Å²) in [5.41, 5.74) is -1.46. The van der Waals surface area contributed by atoms with Crippen molar-refractivity contribution in [2.75, 3.05) is 31.5 Å². The second-order valence-electron chi connectivity index (χ2n) is 13.8. The van der Waals surface area contributed by atoms with Gasteiger partial charge < -0.3 is 9.64 Å². The fourth-order valence-electron chi connectivity index (χ4n) is 6.18. The van der Waals surface area contributed by atoms with Gasteiger partial charge in [-0.3, -0.25) is 29.5 Å². The minimum Gasteiger partial charge on any atom is -0.444 e. The van der Waals surface area contributed by atoms with Crippen LogP contribution in [0.3, 0.4) is 0 Å². The van der Waals surface area contributed by atoms with Crippen LogP contribution in [-0.2, 0) is 14.3 Å². The number of fused-ring (bicyclic) bond motifs is 1. The van der Waals surface area contributed by atoms with Crippen molar-refractivity contribution in [3.63, 3.8) is 0 Å². The first kappa shape index (κ1) is 31.9. The molecule has 4 heterocycles. The fraction of sp³-hybridized carbons (Fsp3) is 0.645. The van der Waals surface area contributed by atoms with Gasteiger partial charge in [-0.25, -0.2) is 9.78 Å². The largest absolute Gasteiger partial charge is 0.444 e. The van der Waals surface area contributed by atoms with E-state index in [-0.39, 0.29) is 23.8 Å². The number of aromatic nitrogens is 1. The molecule has 2 fully saturated rings. The molecule has 0 aromatic carbocycles. The molecule has 0 aliphatic carbocycles. The van der Waals surface area contributed by atoms with Gasteiger partial charge in [0.25, 0.3) is 5.91 Å². The molecule has 11 heteroatoms. The topological polar surface area (TPSA) is 112 Å². The highest BCUT2D eigenvalue weighted by molar-refractivity contribution is 7.23. The Morgan fingerprint density at radius 2 is 1.76 bits per heavy atom. The minimum absolute atomic E-state index is 0.109. The lowest BCUT2D eigenvalue weighted by atomic mass is 9.78. The highest BCUT2D eigenvalue weighted by atomic mass is 32.1. The number of hydrogen-bond acceptors (Lipinski definition) is 8. The van der Waals surface area contributed by atoms with E-state index in [2.05, 4.69) is 15.2 Å². The first-order valence-corrected chi connectivity index (χ1v) is 15.6. The molecule has 4 amide bonds. The van der Waals surface area contributed by atoms with Crippen molar-refractivity contribution in [2.45, 2.75) is 98.3 Å². The fourth-order valence-corrected chi connectivity index (χ4v) is 7.20. The number of carbonyl (C=O) groups excluding carboxylic acids is 4. The molecule has 0 spiro atoms. The number of thiophene rings is 1. The van der Waals surface area contributed by atoms with E-state index < -0.39 is 22.6 Å². The lowest BCUT2D eigenvalue weighted by Crippen LogP contribution is -2.59. The van der Waals surface area contributed by atoms with Crippen molar-refractivity contribution < 1.29 is 23.9 Å². The summed E-state index contributed by atoms with van der Waals surface area (Å²) in [4.78, 5) is 63.3. The van der Waals surface area contributed by atoms with Gasteiger partial charge in [0, 0.05) is 49.7 Å². The minimum atomic E-state index is -0.669. The highest BCUT2D eigenvalue weighted by Crippen LogP contribution is 2.38. The summed E-state index contributed by atoms with van der Waals surface area (Å²) in [6, 6.07) is 3.88. The van der Waals surface area contributed by atoms with Crippen LogP contribution in [0.5, 0.6) is 0 Å². The number of carbonyl (C=O) groups is 4. The van der Waals surface area contributed by atoms with E-state index in [1.165, 1.54) is 23.2 Å². The number of piperidine rings is 2. The quantitative estimate of drug-likeness (QED) is 0.492. The summed E-state index contributed by atoms with van der Waals surface area (Å²) in [5.74, 6) is -0.475. The molecule has 1 atom stereocenters. The smallest absolute Gasteiger partial charge is 0.412 e. The number of rotatable bonds is 4. The van der Waals surface area contributed by atoms with Gasteiger partial charge in [-0.05, 0) is 92.8 Å². The van der Waals surface area contributed by atoms with Crippen LogP contribution in [-0.4, -0.2) is 86.9 Å². The number of anilines is 1. The number of nitrogens with one attached hydrogen (secondary N) is 1. The predicted molar refractivity (Wildman–Crippen MR) is 165 cm³/mol. The summed E-state index contributed by atoms with van der Waals surface area (Å²) in [6.45, 7) is 17.1. The molecule has 42 heavy (non-hydrogen) atoms. The van der Waals surface area contributed by atoms with Crippen LogP contribution in [0, 0.1) is 5.41 Å². The molecule has 0 bridgehead atoms. The van der Waals surface area contributed by atoms with E-state index in [9.17, 15) is 19.2 Å². The van der Waals surface area contributed by atoms with Gasteiger partial charge in [0.15, 0.2) is 0 Å². The number of likely N-dealkylation sites (tertiary alicyclic amines) is 2. The van der Waals surface area contributed by atoms with E-state index in [4.69, 9.17) is 4.74 Å². The molecule has 2 aromatic heterocycles. The van der Waals surface area contributed by atoms with Crippen molar-refractivity contribution in [1.29, 1.82) is 0 Å². The van der Waals surface area contributed by atoms with Gasteiger partial charge in [-0.15, -0.1) is 0 Å². The first-order chi connectivity index (χ1) is 19.5. The summed E-state index contributed by atoms with van der Waals surface area (Å²) < 4.78 is 5.44. The van der Waals surface area contributed by atoms with Crippen molar-refractivity contribution in [1.82, 2.24) is 19.7 Å². The Labute approximate surface area is 252 Å². The molecular weight excluding hydrogens is 554 g/mol. The molecule has 2 aliphatic rings. The molecule has 0 radical (unpaired) electrons. The molecule has 230 valence electrons. The van der Waals surface area contributed by atoms with E-state index in [1.807, 2.05) is 38.7 Å². The maximum absolute atomic E-state index is 13.9. The molecule has 1 unspecified atom stereocenters. The van der Waals surface area contributed by atoms with Crippen LogP contribution >= 0.6 is 11.3 Å². The lowest BCUT2D eigenvalue weighted by Gasteiger charge is -2.48. The van der Waals surface area contributed by atoms with Crippen LogP contribution in [0.2, 0.25) is 0 Å². The zero-order valence-electron chi connectivity index (χ0n) is 26.2. The van der Waals surface area contributed by atoms with Gasteiger partial charge in [0.1, 0.15) is 15.4 Å². The molecule has 2 aromatic rings. The average Bonchev–Trinajstić information content (AvgIpc) is 3.23. The van der Waals surface area contributed by atoms with Crippen molar-refractivity contribution in [3.05, 3.63) is 23.9 Å². The molecule has 4 rings (SSSR count). The number of hydrogen-bond donors (Lipinski definition) is 1. The molecule has 10 nitrogen and oxygen atoms in total. The second-order valence-corrected chi connectivity index (χ2v) is 14.8. The summed E-state index contributed by atoms with van der Waals surface area (Å²) in [6.07, 6.45) is 4.24. The molecule has 2 aliphatic heterocycles. The molecule has 2 saturated heterocycles. The highest BCUT2D eigenvalue weighted by Gasteiger charge is 2.46. The molecule has 0 saturated carbocycles. The zero-order valence-corrected chi connectivity index (χ0v) is 27.0. The number of ether oxygens (including phenoxy) is 1. The molecule has 1 N–H and O–H groups in total. The van der Waals surface area contributed by atoms with Gasteiger partial charge >= 0.3 is 6.09 Å². The van der Waals surface area contributed by atoms with Gasteiger partial charge in [-0.2, -0.15) is 0 Å². The third kappa shape index (κ3) is 6.94. The Kier molecular flexibility index (Phi) is 9.04. The van der Waals surface area contributed by atoms with Crippen molar-refractivity contribution >= 4 is 50.4 Å². The van der Waals surface area contributed by atoms with Crippen LogP contribution in [0.25, 0.3) is 10.2 Å². The van der Waals surface area contributed by atoms with E-state index in [1.54, 1.807) is 33.0 Å². The maximum Gasteiger partial charge on any atom is 0.412 e. The second kappa shape index (κ2) is 11.9. The molecular formula is C31H45N5O5S. The summed E-state index contributed by atoms with van der Waals surface area (Å²) in [5, 5.41) is 3.93. The number of nitrogens with zero attached hydrogens (tertiary/aromatic N) is 4. The van der Waals surface area contributed by atoms with Crippen LogP contribution in [0.15, 0.2) is 18.3 Å². The average molecular weight is 600 g/mol. The Bertz CT molecular complexity index is 1350. The SMILES string of the molecule is CC(=O)N(C(=O)C1(C)CCCN(C2CCN(C(=O)c3c(NC(=O)OC(C)(C)C)sc4ncccc34)CC2)C1)C(C)(C)C. The monoisotopic (exact) mass is 599 g/mol. The normalized spacial score (nSPS) is 20.8. The van der Waals surface area contributed by atoms with E-state index in [0.29, 0.717) is 40.4 Å². The van der Waals surface area contributed by atoms with Crippen LogP contribution < -0.4 is 5.32 Å². The van der Waals surface area contributed by atoms with E-state index >= 15 is 0 Å². The number of pyridine rings is 1. The summed E-state index contributed by atoms with van der Waals surface area (Å²) in [7, 11) is 0. The summed E-state index contributed by atoms with van der Waals surface area (Å²) >= 11 is 1.26. The maximum atomic E-state index is 13.9. The lowest BCUT2D eigenvalue weighted by molar-refractivity contribution is -0.159. The van der Waals surface area contributed by atoms with Gasteiger partial charge in [-0.1, -0.05) is 11.3 Å². The van der Waals surface area contributed by atoms with Crippen molar-refractivity contribution in [2.24, 2.45) is 5.41 Å². The standard InChI is InChI=1S/C31H45N5O5S/c1-20(37)36(29(2,3)4)27(39)31(8)14-10-16-35(19-31)21-12-17-34(18-13-21)26(38)23-22-11-9-15-32-24(22)42-25(23)33-28(40)41-30(5,6)7/h9,11,15,21H,10,12-14,16-19H2,1-8H3,(H,33,40). The Hall–Kier alpha value is -3.05. The Morgan fingerprint density at radius 3 is 2.36 bits per heavy atom. The third-order valence-electron chi connectivity index (χ3n) is 7.99. The zero-order chi connectivity index (χ0) is 31.0. The Morgan fingerprint density at radius 1 is 1.10 bits per heavy atom. The van der Waals surface area contributed by atoms with Crippen molar-refractivity contribution in [3.8, 4) is 0 Å².